The van der Waals surface area contributed by atoms with Crippen LogP contribution in [0.2, 0.25) is 0 Å². The van der Waals surface area contributed by atoms with Gasteiger partial charge in [0.15, 0.2) is 5.82 Å². The second-order valence-corrected chi connectivity index (χ2v) is 6.82. The minimum absolute atomic E-state index is 0.415. The van der Waals surface area contributed by atoms with Crippen molar-refractivity contribution in [2.75, 3.05) is 23.8 Å². The van der Waals surface area contributed by atoms with Gasteiger partial charge in [0.2, 0.25) is 5.89 Å². The van der Waals surface area contributed by atoms with Crippen molar-refractivity contribution in [1.29, 1.82) is 0 Å². The predicted octanol–water partition coefficient (Wildman–Crippen LogP) is 2.12. The number of hydrogen-bond donors (Lipinski definition) is 1. The zero-order chi connectivity index (χ0) is 12.1. The van der Waals surface area contributed by atoms with Crippen molar-refractivity contribution in [2.45, 2.75) is 25.0 Å². The Morgan fingerprint density at radius 1 is 1.53 bits per heavy atom. The maximum absolute atomic E-state index is 5.59. The van der Waals surface area contributed by atoms with E-state index in [4.69, 9.17) is 10.3 Å². The minimum Gasteiger partial charge on any atom is -0.339 e. The van der Waals surface area contributed by atoms with Gasteiger partial charge in [-0.05, 0) is 18.9 Å². The molecule has 2 heterocycles. The third-order valence-electron chi connectivity index (χ3n) is 2.84. The zero-order valence-corrected chi connectivity index (χ0v) is 11.7. The molecule has 2 atom stereocenters. The average Bonchev–Trinajstić information content (AvgIpc) is 2.86. The molecule has 0 spiro atoms. The van der Waals surface area contributed by atoms with Crippen LogP contribution in [0.4, 0.5) is 0 Å². The van der Waals surface area contributed by atoms with Crippen LogP contribution in [0.3, 0.4) is 0 Å². The summed E-state index contributed by atoms with van der Waals surface area (Å²) in [5.41, 5.74) is 5.59. The van der Waals surface area contributed by atoms with E-state index in [0.29, 0.717) is 11.2 Å². The lowest BCUT2D eigenvalue weighted by molar-refractivity contribution is 0.361. The van der Waals surface area contributed by atoms with Crippen LogP contribution in [0.5, 0.6) is 0 Å². The highest BCUT2D eigenvalue weighted by Gasteiger charge is 2.21. The molecule has 0 saturated carbocycles. The van der Waals surface area contributed by atoms with Crippen LogP contribution >= 0.6 is 23.5 Å². The van der Waals surface area contributed by atoms with Gasteiger partial charge in [-0.15, -0.1) is 11.8 Å². The number of thioether (sulfide) groups is 2. The lowest BCUT2D eigenvalue weighted by Gasteiger charge is -2.16. The van der Waals surface area contributed by atoms with Gasteiger partial charge in [-0.3, -0.25) is 0 Å². The van der Waals surface area contributed by atoms with E-state index in [0.717, 1.165) is 36.9 Å². The number of hydrogen-bond acceptors (Lipinski definition) is 6. The number of aryl methyl sites for hydroxylation is 1. The van der Waals surface area contributed by atoms with Crippen LogP contribution in [0.1, 0.15) is 30.3 Å². The smallest absolute Gasteiger partial charge is 0.226 e. The van der Waals surface area contributed by atoms with Gasteiger partial charge in [0.25, 0.3) is 0 Å². The summed E-state index contributed by atoms with van der Waals surface area (Å²) < 4.78 is 5.29. The molecule has 1 aliphatic rings. The fraction of sp³-hybridized carbons (Fsp3) is 0.818. The van der Waals surface area contributed by atoms with Crippen molar-refractivity contribution in [3.8, 4) is 0 Å². The van der Waals surface area contributed by atoms with E-state index < -0.39 is 0 Å². The summed E-state index contributed by atoms with van der Waals surface area (Å²) in [6.07, 6.45) is 1.86. The molecule has 4 nitrogen and oxygen atoms in total. The molecule has 2 rings (SSSR count). The minimum atomic E-state index is 0.415. The molecule has 1 saturated heterocycles. The molecule has 0 amide bonds. The van der Waals surface area contributed by atoms with E-state index in [2.05, 4.69) is 17.1 Å². The Morgan fingerprint density at radius 3 is 3.12 bits per heavy atom. The van der Waals surface area contributed by atoms with Crippen LogP contribution in [-0.2, 0) is 6.42 Å². The average molecular weight is 273 g/mol. The highest BCUT2D eigenvalue weighted by molar-refractivity contribution is 8.06. The van der Waals surface area contributed by atoms with Crippen molar-refractivity contribution >= 4 is 23.5 Å². The Hall–Kier alpha value is -0.200. The lowest BCUT2D eigenvalue weighted by Crippen LogP contribution is -2.11. The monoisotopic (exact) mass is 273 g/mol. The summed E-state index contributed by atoms with van der Waals surface area (Å²) in [4.78, 5) is 4.49. The lowest BCUT2D eigenvalue weighted by atomic mass is 10.1. The zero-order valence-electron chi connectivity index (χ0n) is 10.1. The fourth-order valence-electron chi connectivity index (χ4n) is 1.62. The maximum Gasteiger partial charge on any atom is 0.226 e. The first-order valence-electron chi connectivity index (χ1n) is 6.01. The summed E-state index contributed by atoms with van der Waals surface area (Å²) in [7, 11) is 0. The number of rotatable bonds is 5. The van der Waals surface area contributed by atoms with Gasteiger partial charge >= 0.3 is 0 Å². The van der Waals surface area contributed by atoms with Gasteiger partial charge in [0.05, 0.1) is 5.25 Å². The second kappa shape index (κ2) is 6.66. The van der Waals surface area contributed by atoms with Gasteiger partial charge in [-0.2, -0.15) is 16.7 Å². The van der Waals surface area contributed by atoms with Gasteiger partial charge < -0.3 is 10.3 Å². The third-order valence-corrected chi connectivity index (χ3v) is 5.59. The molecular formula is C11H19N3OS2. The molecule has 1 fully saturated rings. The van der Waals surface area contributed by atoms with Crippen molar-refractivity contribution in [2.24, 2.45) is 11.7 Å². The fourth-order valence-corrected chi connectivity index (χ4v) is 4.21. The Labute approximate surface area is 110 Å². The van der Waals surface area contributed by atoms with Gasteiger partial charge in [-0.1, -0.05) is 12.1 Å². The van der Waals surface area contributed by atoms with Crippen molar-refractivity contribution in [1.82, 2.24) is 10.1 Å². The predicted molar refractivity (Wildman–Crippen MR) is 73.4 cm³/mol. The maximum atomic E-state index is 5.59. The molecule has 1 aromatic rings. The Balaban J connectivity index is 1.86. The Morgan fingerprint density at radius 2 is 2.41 bits per heavy atom. The normalized spacial score (nSPS) is 22.6. The molecule has 0 aromatic carbocycles. The van der Waals surface area contributed by atoms with Gasteiger partial charge in [0, 0.05) is 23.7 Å². The summed E-state index contributed by atoms with van der Waals surface area (Å²) in [6.45, 7) is 2.86. The molecule has 96 valence electrons. The largest absolute Gasteiger partial charge is 0.339 e. The molecule has 0 aliphatic carbocycles. The molecule has 0 bridgehead atoms. The molecule has 6 heteroatoms. The first-order chi connectivity index (χ1) is 8.29. The Bertz CT molecular complexity index is 339. The number of aromatic nitrogens is 2. The van der Waals surface area contributed by atoms with E-state index in [1.54, 1.807) is 0 Å². The highest BCUT2D eigenvalue weighted by Crippen LogP contribution is 2.35. The van der Waals surface area contributed by atoms with Crippen LogP contribution < -0.4 is 5.73 Å². The van der Waals surface area contributed by atoms with E-state index in [-0.39, 0.29) is 0 Å². The highest BCUT2D eigenvalue weighted by atomic mass is 32.2. The van der Waals surface area contributed by atoms with Gasteiger partial charge in [-0.25, -0.2) is 0 Å². The van der Waals surface area contributed by atoms with Crippen LogP contribution in [0.25, 0.3) is 0 Å². The van der Waals surface area contributed by atoms with Gasteiger partial charge in [0.1, 0.15) is 0 Å². The molecular weight excluding hydrogens is 254 g/mol. The topological polar surface area (TPSA) is 64.9 Å². The Kier molecular flexibility index (Phi) is 5.18. The summed E-state index contributed by atoms with van der Waals surface area (Å²) >= 11 is 3.90. The van der Waals surface area contributed by atoms with Crippen molar-refractivity contribution in [3.63, 3.8) is 0 Å². The van der Waals surface area contributed by atoms with Crippen molar-refractivity contribution in [3.05, 3.63) is 11.7 Å². The standard InChI is InChI=1S/C11H19N3OS2/c1-8(6-12)2-3-10-13-11(14-15-10)9-7-16-4-5-17-9/h8-9H,2-7,12H2,1H3. The first kappa shape index (κ1) is 13.2. The van der Waals surface area contributed by atoms with Crippen LogP contribution in [0, 0.1) is 5.92 Å². The van der Waals surface area contributed by atoms with Crippen LogP contribution in [-0.4, -0.2) is 33.9 Å². The van der Waals surface area contributed by atoms with E-state index in [9.17, 15) is 0 Å². The summed E-state index contributed by atoms with van der Waals surface area (Å²) in [5, 5.41) is 4.51. The van der Waals surface area contributed by atoms with E-state index >= 15 is 0 Å². The first-order valence-corrected chi connectivity index (χ1v) is 8.22. The quantitative estimate of drug-likeness (QED) is 0.886. The summed E-state index contributed by atoms with van der Waals surface area (Å²) in [5.74, 6) is 5.67. The summed E-state index contributed by atoms with van der Waals surface area (Å²) in [6, 6.07) is 0. The third kappa shape index (κ3) is 3.89. The molecule has 2 unspecified atom stereocenters. The molecule has 1 aromatic heterocycles. The van der Waals surface area contributed by atoms with E-state index in [1.165, 1.54) is 11.5 Å². The molecule has 1 aliphatic heterocycles. The molecule has 2 N–H and O–H groups in total. The number of nitrogens with two attached hydrogens (primary N) is 1. The number of nitrogens with zero attached hydrogens (tertiary/aromatic N) is 2. The molecule has 0 radical (unpaired) electrons. The second-order valence-electron chi connectivity index (χ2n) is 4.36. The molecule has 17 heavy (non-hydrogen) atoms. The van der Waals surface area contributed by atoms with Crippen LogP contribution in [0.15, 0.2) is 4.52 Å². The van der Waals surface area contributed by atoms with Crippen molar-refractivity contribution < 1.29 is 4.52 Å². The SMILES string of the molecule is CC(CN)CCc1nc(C2CSCCS2)no1. The van der Waals surface area contributed by atoms with E-state index in [1.807, 2.05) is 23.5 Å².